The van der Waals surface area contributed by atoms with Crippen molar-refractivity contribution in [1.82, 2.24) is 0 Å². The number of nitrogens with zero attached hydrogens (tertiary/aromatic N) is 1. The van der Waals surface area contributed by atoms with Gasteiger partial charge in [-0.3, -0.25) is 0 Å². The van der Waals surface area contributed by atoms with E-state index < -0.39 is 12.6 Å². The maximum atomic E-state index is 12.1. The van der Waals surface area contributed by atoms with Crippen LogP contribution in [0.3, 0.4) is 0 Å². The third-order valence-electron chi connectivity index (χ3n) is 2.15. The first kappa shape index (κ1) is 12.9. The van der Waals surface area contributed by atoms with Crippen molar-refractivity contribution in [2.24, 2.45) is 0 Å². The molecule has 0 bridgehead atoms. The molecule has 17 heavy (non-hydrogen) atoms. The Labute approximate surface area is 96.0 Å². The average Bonchev–Trinajstić information content (AvgIpc) is 2.27. The molecule has 0 aliphatic rings. The van der Waals surface area contributed by atoms with Crippen LogP contribution in [0.25, 0.3) is 0 Å². The van der Waals surface area contributed by atoms with Crippen molar-refractivity contribution in [3.63, 3.8) is 0 Å². The zero-order valence-corrected chi connectivity index (χ0v) is 8.91. The lowest BCUT2D eigenvalue weighted by Crippen LogP contribution is -2.08. The highest BCUT2D eigenvalue weighted by molar-refractivity contribution is 5.91. The number of ether oxygens (including phenoxy) is 1. The van der Waals surface area contributed by atoms with Crippen molar-refractivity contribution in [3.05, 3.63) is 28.8 Å². The van der Waals surface area contributed by atoms with Crippen LogP contribution in [0.4, 0.5) is 8.78 Å². The molecular formula is C11H9F2NO3. The Bertz CT molecular complexity index is 480. The number of benzene rings is 1. The van der Waals surface area contributed by atoms with Gasteiger partial charge in [0.05, 0.1) is 11.1 Å². The predicted octanol–water partition coefficient (Wildman–Crippen LogP) is 2.42. The molecule has 0 saturated carbocycles. The van der Waals surface area contributed by atoms with Crippen LogP contribution in [0.15, 0.2) is 12.1 Å². The Morgan fingerprint density at radius 1 is 1.59 bits per heavy atom. The van der Waals surface area contributed by atoms with E-state index in [1.807, 2.05) is 0 Å². The minimum atomic E-state index is -3.03. The first-order valence-corrected chi connectivity index (χ1v) is 4.74. The fraction of sp³-hybridized carbons (Fsp3) is 0.273. The smallest absolute Gasteiger partial charge is 0.387 e. The topological polar surface area (TPSA) is 70.3 Å². The standard InChI is InChI=1S/C11H9F2NO3/c1-2-6-3-7(5-14)8(10(15)16)4-9(6)17-11(12)13/h3-4,11H,2H2,1H3,(H,15,16). The molecule has 1 aromatic rings. The highest BCUT2D eigenvalue weighted by Crippen LogP contribution is 2.26. The maximum Gasteiger partial charge on any atom is 0.387 e. The summed E-state index contributed by atoms with van der Waals surface area (Å²) in [4.78, 5) is 10.8. The second-order valence-electron chi connectivity index (χ2n) is 3.15. The molecule has 4 nitrogen and oxygen atoms in total. The van der Waals surface area contributed by atoms with Gasteiger partial charge in [-0.05, 0) is 24.1 Å². The summed E-state index contributed by atoms with van der Waals surface area (Å²) in [5.41, 5.74) is -0.0526. The molecule has 0 atom stereocenters. The van der Waals surface area contributed by atoms with E-state index in [2.05, 4.69) is 4.74 Å². The molecule has 1 N–H and O–H groups in total. The van der Waals surface area contributed by atoms with E-state index in [1.165, 1.54) is 6.07 Å². The Kier molecular flexibility index (Phi) is 3.99. The molecule has 0 unspecified atom stereocenters. The maximum absolute atomic E-state index is 12.1. The van der Waals surface area contributed by atoms with Gasteiger partial charge in [-0.2, -0.15) is 14.0 Å². The number of carboxylic acids is 1. The molecule has 1 rings (SSSR count). The number of alkyl halides is 2. The Morgan fingerprint density at radius 3 is 2.65 bits per heavy atom. The fourth-order valence-electron chi connectivity index (χ4n) is 1.38. The van der Waals surface area contributed by atoms with Crippen molar-refractivity contribution >= 4 is 5.97 Å². The van der Waals surface area contributed by atoms with Gasteiger partial charge in [-0.25, -0.2) is 4.79 Å². The largest absolute Gasteiger partial charge is 0.478 e. The van der Waals surface area contributed by atoms with Gasteiger partial charge in [0, 0.05) is 0 Å². The lowest BCUT2D eigenvalue weighted by Gasteiger charge is -2.11. The Morgan fingerprint density at radius 2 is 2.24 bits per heavy atom. The highest BCUT2D eigenvalue weighted by Gasteiger charge is 2.17. The van der Waals surface area contributed by atoms with Crippen LogP contribution >= 0.6 is 0 Å². The minimum Gasteiger partial charge on any atom is -0.478 e. The summed E-state index contributed by atoms with van der Waals surface area (Å²) in [6.45, 7) is -1.34. The molecule has 6 heteroatoms. The normalized spacial score (nSPS) is 10.1. The van der Waals surface area contributed by atoms with Crippen LogP contribution in [0.1, 0.15) is 28.4 Å². The van der Waals surface area contributed by atoms with Crippen molar-refractivity contribution in [2.75, 3.05) is 0 Å². The molecule has 0 amide bonds. The van der Waals surface area contributed by atoms with Gasteiger partial charge < -0.3 is 9.84 Å². The number of hydrogen-bond donors (Lipinski definition) is 1. The Hall–Kier alpha value is -2.16. The van der Waals surface area contributed by atoms with E-state index >= 15 is 0 Å². The van der Waals surface area contributed by atoms with E-state index in [4.69, 9.17) is 10.4 Å². The summed E-state index contributed by atoms with van der Waals surface area (Å²) >= 11 is 0. The first-order chi connectivity index (χ1) is 7.99. The molecule has 90 valence electrons. The zero-order chi connectivity index (χ0) is 13.0. The van der Waals surface area contributed by atoms with Gasteiger partial charge in [0.25, 0.3) is 0 Å². The van der Waals surface area contributed by atoms with Crippen molar-refractivity contribution in [2.45, 2.75) is 20.0 Å². The summed E-state index contributed by atoms with van der Waals surface area (Å²) in [5.74, 6) is -1.57. The molecule has 0 radical (unpaired) electrons. The lowest BCUT2D eigenvalue weighted by atomic mass is 10.0. The van der Waals surface area contributed by atoms with Gasteiger partial charge in [-0.1, -0.05) is 6.92 Å². The van der Waals surface area contributed by atoms with Gasteiger partial charge in [0.1, 0.15) is 11.8 Å². The summed E-state index contributed by atoms with van der Waals surface area (Å²) in [6, 6.07) is 3.91. The molecule has 0 saturated heterocycles. The zero-order valence-electron chi connectivity index (χ0n) is 8.91. The number of aromatic carboxylic acids is 1. The molecule has 0 aromatic heterocycles. The SMILES string of the molecule is CCc1cc(C#N)c(C(=O)O)cc1OC(F)F. The number of carbonyl (C=O) groups is 1. The fourth-order valence-corrected chi connectivity index (χ4v) is 1.38. The monoisotopic (exact) mass is 241 g/mol. The summed E-state index contributed by atoms with van der Waals surface area (Å²) < 4.78 is 28.5. The third-order valence-corrected chi connectivity index (χ3v) is 2.15. The predicted molar refractivity (Wildman–Crippen MR) is 54.1 cm³/mol. The van der Waals surface area contributed by atoms with E-state index in [-0.39, 0.29) is 16.9 Å². The molecule has 0 fully saturated rings. The van der Waals surface area contributed by atoms with E-state index in [1.54, 1.807) is 13.0 Å². The second-order valence-corrected chi connectivity index (χ2v) is 3.15. The van der Waals surface area contributed by atoms with Crippen LogP contribution in [0, 0.1) is 11.3 Å². The number of nitriles is 1. The molecule has 0 heterocycles. The van der Waals surface area contributed by atoms with Crippen LogP contribution in [-0.4, -0.2) is 17.7 Å². The Balaban J connectivity index is 3.35. The average molecular weight is 241 g/mol. The van der Waals surface area contributed by atoms with Crippen molar-refractivity contribution < 1.29 is 23.4 Å². The van der Waals surface area contributed by atoms with Crippen LogP contribution in [0.2, 0.25) is 0 Å². The van der Waals surface area contributed by atoms with Gasteiger partial charge in [-0.15, -0.1) is 0 Å². The number of hydrogen-bond acceptors (Lipinski definition) is 3. The van der Waals surface area contributed by atoms with E-state index in [0.717, 1.165) is 6.07 Å². The first-order valence-electron chi connectivity index (χ1n) is 4.74. The highest BCUT2D eigenvalue weighted by atomic mass is 19.3. The number of rotatable bonds is 4. The van der Waals surface area contributed by atoms with Crippen molar-refractivity contribution in [1.29, 1.82) is 5.26 Å². The van der Waals surface area contributed by atoms with Crippen LogP contribution in [0.5, 0.6) is 5.75 Å². The van der Waals surface area contributed by atoms with Gasteiger partial charge in [0.15, 0.2) is 0 Å². The second kappa shape index (κ2) is 5.25. The van der Waals surface area contributed by atoms with Crippen LogP contribution < -0.4 is 4.74 Å². The molecule has 0 spiro atoms. The number of halogens is 2. The summed E-state index contributed by atoms with van der Waals surface area (Å²) in [7, 11) is 0. The number of aryl methyl sites for hydroxylation is 1. The quantitative estimate of drug-likeness (QED) is 0.878. The summed E-state index contributed by atoms with van der Waals surface area (Å²) in [6.07, 6.45) is 0.358. The summed E-state index contributed by atoms with van der Waals surface area (Å²) in [5, 5.41) is 17.6. The molecular weight excluding hydrogens is 232 g/mol. The van der Waals surface area contributed by atoms with Crippen molar-refractivity contribution in [3.8, 4) is 11.8 Å². The number of carboxylic acid groups (broad SMARTS) is 1. The van der Waals surface area contributed by atoms with Crippen LogP contribution in [-0.2, 0) is 6.42 Å². The van der Waals surface area contributed by atoms with E-state index in [9.17, 15) is 13.6 Å². The van der Waals surface area contributed by atoms with E-state index in [0.29, 0.717) is 12.0 Å². The molecule has 0 aliphatic heterocycles. The van der Waals surface area contributed by atoms with Gasteiger partial charge in [0.2, 0.25) is 0 Å². The third kappa shape index (κ3) is 2.91. The van der Waals surface area contributed by atoms with Gasteiger partial charge >= 0.3 is 12.6 Å². The minimum absolute atomic E-state index is 0.0732. The molecule has 0 aliphatic carbocycles. The lowest BCUT2D eigenvalue weighted by molar-refractivity contribution is -0.0504. The molecule has 1 aromatic carbocycles.